The molecular weight excluding hydrogens is 606 g/mol. The monoisotopic (exact) mass is 640 g/mol. The Morgan fingerprint density at radius 1 is 1.02 bits per heavy atom. The van der Waals surface area contributed by atoms with Crippen LogP contribution in [0.4, 0.5) is 8.78 Å². The van der Waals surface area contributed by atoms with Gasteiger partial charge in [-0.2, -0.15) is 4.31 Å². The SMILES string of the molecule is CCC(F)(F)c1ccc(CN2CCc3[nH]c4ccc(C(=O)NC5CCN(S(=O)(=O)c6ccc(Cl)cc6)CC5)cc4c3C2)cc1. The Bertz CT molecular complexity index is 1770. The van der Waals surface area contributed by atoms with Gasteiger partial charge < -0.3 is 10.3 Å². The van der Waals surface area contributed by atoms with Gasteiger partial charge in [-0.25, -0.2) is 17.2 Å². The highest BCUT2D eigenvalue weighted by molar-refractivity contribution is 7.89. The average Bonchev–Trinajstić information content (AvgIpc) is 3.39. The van der Waals surface area contributed by atoms with Crippen LogP contribution in [0, 0.1) is 0 Å². The Labute approximate surface area is 261 Å². The van der Waals surface area contributed by atoms with Crippen LogP contribution < -0.4 is 5.32 Å². The van der Waals surface area contributed by atoms with Gasteiger partial charge in [-0.1, -0.05) is 42.8 Å². The molecule has 232 valence electrons. The first-order valence-corrected chi connectivity index (χ1v) is 16.7. The summed E-state index contributed by atoms with van der Waals surface area (Å²) in [6.07, 6.45) is 1.64. The van der Waals surface area contributed by atoms with Gasteiger partial charge in [-0.3, -0.25) is 9.69 Å². The van der Waals surface area contributed by atoms with Gasteiger partial charge in [0.25, 0.3) is 11.8 Å². The number of sulfonamides is 1. The van der Waals surface area contributed by atoms with Crippen molar-refractivity contribution in [2.75, 3.05) is 19.6 Å². The quantitative estimate of drug-likeness (QED) is 0.231. The summed E-state index contributed by atoms with van der Waals surface area (Å²) in [5.41, 5.74) is 4.86. The highest BCUT2D eigenvalue weighted by atomic mass is 35.5. The molecule has 0 saturated carbocycles. The summed E-state index contributed by atoms with van der Waals surface area (Å²) < 4.78 is 55.5. The maximum Gasteiger partial charge on any atom is 0.273 e. The van der Waals surface area contributed by atoms with Gasteiger partial charge in [0.1, 0.15) is 0 Å². The number of carbonyl (C=O) groups excluding carboxylic acids is 1. The number of piperidine rings is 1. The zero-order valence-corrected chi connectivity index (χ0v) is 26.0. The molecule has 1 saturated heterocycles. The summed E-state index contributed by atoms with van der Waals surface area (Å²) in [6.45, 7) is 4.30. The number of nitrogens with one attached hydrogen (secondary N) is 2. The van der Waals surface area contributed by atoms with Gasteiger partial charge in [-0.05, 0) is 66.4 Å². The normalized spacial score (nSPS) is 17.1. The second kappa shape index (κ2) is 12.2. The molecule has 2 N–H and O–H groups in total. The van der Waals surface area contributed by atoms with Crippen LogP contribution in [0.3, 0.4) is 0 Å². The first-order chi connectivity index (χ1) is 21.0. The predicted octanol–water partition coefficient (Wildman–Crippen LogP) is 6.46. The molecule has 7 nitrogen and oxygen atoms in total. The molecule has 2 aliphatic heterocycles. The highest BCUT2D eigenvalue weighted by Crippen LogP contribution is 2.33. The number of aromatic amines is 1. The van der Waals surface area contributed by atoms with E-state index in [4.69, 9.17) is 11.6 Å². The standard InChI is InChI=1S/C33H35ClF2N4O3S/c1-2-33(35,36)24-6-3-22(4-7-24)20-39-16-15-31-29(21-39)28-19-23(5-12-30(28)38-31)32(41)37-26-13-17-40(18-14-26)44(42,43)27-10-8-25(34)9-11-27/h3-12,19,26,38H,2,13-18,20-21H2,1H3,(H,37,41). The molecule has 0 atom stereocenters. The van der Waals surface area contributed by atoms with Crippen LogP contribution >= 0.6 is 11.6 Å². The molecule has 0 unspecified atom stereocenters. The number of rotatable bonds is 8. The Hall–Kier alpha value is -3.31. The zero-order chi connectivity index (χ0) is 31.1. The lowest BCUT2D eigenvalue weighted by atomic mass is 10.0. The number of amides is 1. The topological polar surface area (TPSA) is 85.5 Å². The van der Waals surface area contributed by atoms with E-state index in [-0.39, 0.29) is 28.8 Å². The molecule has 0 radical (unpaired) electrons. The third-order valence-electron chi connectivity index (χ3n) is 8.78. The number of H-pyrrole nitrogens is 1. The fraction of sp³-hybridized carbons (Fsp3) is 0.364. The van der Waals surface area contributed by atoms with Crippen molar-refractivity contribution >= 4 is 38.4 Å². The van der Waals surface area contributed by atoms with E-state index in [0.717, 1.165) is 40.7 Å². The smallest absolute Gasteiger partial charge is 0.273 e. The second-order valence-electron chi connectivity index (χ2n) is 11.7. The van der Waals surface area contributed by atoms with Gasteiger partial charge in [0.05, 0.1) is 4.90 Å². The van der Waals surface area contributed by atoms with Crippen molar-refractivity contribution in [2.24, 2.45) is 0 Å². The van der Waals surface area contributed by atoms with Gasteiger partial charge in [0, 0.05) is 84.4 Å². The van der Waals surface area contributed by atoms with E-state index in [9.17, 15) is 22.0 Å². The number of alkyl halides is 2. The fourth-order valence-corrected chi connectivity index (χ4v) is 7.72. The largest absolute Gasteiger partial charge is 0.358 e. The molecule has 1 fully saturated rings. The first-order valence-electron chi connectivity index (χ1n) is 14.9. The van der Waals surface area contributed by atoms with E-state index in [1.54, 1.807) is 24.3 Å². The van der Waals surface area contributed by atoms with Crippen molar-refractivity contribution in [3.8, 4) is 0 Å². The van der Waals surface area contributed by atoms with Gasteiger partial charge >= 0.3 is 0 Å². The van der Waals surface area contributed by atoms with E-state index >= 15 is 0 Å². The lowest BCUT2D eigenvalue weighted by Gasteiger charge is -2.31. The van der Waals surface area contributed by atoms with E-state index in [1.165, 1.54) is 35.5 Å². The lowest BCUT2D eigenvalue weighted by molar-refractivity contribution is -0.00831. The molecule has 1 aromatic heterocycles. The van der Waals surface area contributed by atoms with Crippen molar-refractivity contribution < 1.29 is 22.0 Å². The van der Waals surface area contributed by atoms with Crippen LogP contribution in [-0.2, 0) is 35.5 Å². The number of halogens is 3. The highest BCUT2D eigenvalue weighted by Gasteiger charge is 2.31. The third kappa shape index (κ3) is 6.26. The molecule has 3 aromatic carbocycles. The van der Waals surface area contributed by atoms with Crippen LogP contribution in [0.5, 0.6) is 0 Å². The summed E-state index contributed by atoms with van der Waals surface area (Å²) in [5, 5.41) is 4.58. The van der Waals surface area contributed by atoms with Gasteiger partial charge in [0.15, 0.2) is 0 Å². The molecule has 2 aliphatic rings. The first kappa shape index (κ1) is 30.7. The number of fused-ring (bicyclic) bond motifs is 3. The minimum absolute atomic E-state index is 0.0423. The number of aromatic nitrogens is 1. The number of carbonyl (C=O) groups is 1. The van der Waals surface area contributed by atoms with Crippen molar-refractivity contribution in [1.82, 2.24) is 19.5 Å². The van der Waals surface area contributed by atoms with E-state index in [0.29, 0.717) is 49.6 Å². The maximum absolute atomic E-state index is 14.0. The maximum atomic E-state index is 14.0. The average molecular weight is 641 g/mol. The molecule has 0 spiro atoms. The molecular formula is C33H35ClF2N4O3S. The minimum Gasteiger partial charge on any atom is -0.358 e. The minimum atomic E-state index is -3.62. The summed E-state index contributed by atoms with van der Waals surface area (Å²) >= 11 is 5.91. The van der Waals surface area contributed by atoms with Crippen LogP contribution in [0.1, 0.15) is 58.9 Å². The molecule has 0 aliphatic carbocycles. The summed E-state index contributed by atoms with van der Waals surface area (Å²) in [6, 6.07) is 18.3. The van der Waals surface area contributed by atoms with Gasteiger partial charge in [0.2, 0.25) is 10.0 Å². The third-order valence-corrected chi connectivity index (χ3v) is 10.9. The molecule has 0 bridgehead atoms. The van der Waals surface area contributed by atoms with Crippen LogP contribution in [0.2, 0.25) is 5.02 Å². The Balaban J connectivity index is 1.09. The summed E-state index contributed by atoms with van der Waals surface area (Å²) in [5.74, 6) is -3.00. The van der Waals surface area contributed by atoms with Gasteiger partial charge in [-0.15, -0.1) is 0 Å². The lowest BCUT2D eigenvalue weighted by Crippen LogP contribution is -2.46. The molecule has 6 rings (SSSR count). The summed E-state index contributed by atoms with van der Waals surface area (Å²) in [7, 11) is -3.62. The van der Waals surface area contributed by atoms with Crippen LogP contribution in [-0.4, -0.2) is 54.2 Å². The van der Waals surface area contributed by atoms with E-state index in [2.05, 4.69) is 15.2 Å². The van der Waals surface area contributed by atoms with E-state index < -0.39 is 15.9 Å². The van der Waals surface area contributed by atoms with Crippen molar-refractivity contribution in [3.05, 3.63) is 99.7 Å². The zero-order valence-electron chi connectivity index (χ0n) is 24.5. The van der Waals surface area contributed by atoms with Crippen LogP contribution in [0.25, 0.3) is 10.9 Å². The molecule has 3 heterocycles. The molecule has 1 amide bonds. The molecule has 4 aromatic rings. The number of benzene rings is 3. The molecule has 11 heteroatoms. The second-order valence-corrected chi connectivity index (χ2v) is 14.0. The predicted molar refractivity (Wildman–Crippen MR) is 167 cm³/mol. The number of hydrogen-bond acceptors (Lipinski definition) is 4. The van der Waals surface area contributed by atoms with Crippen LogP contribution in [0.15, 0.2) is 71.6 Å². The Morgan fingerprint density at radius 2 is 1.73 bits per heavy atom. The Kier molecular flexibility index (Phi) is 8.54. The van der Waals surface area contributed by atoms with Crippen molar-refractivity contribution in [3.63, 3.8) is 0 Å². The fourth-order valence-electron chi connectivity index (χ4n) is 6.13. The Morgan fingerprint density at radius 3 is 2.41 bits per heavy atom. The number of nitrogens with zero attached hydrogens (tertiary/aromatic N) is 2. The van der Waals surface area contributed by atoms with E-state index in [1.807, 2.05) is 18.2 Å². The van der Waals surface area contributed by atoms with Crippen molar-refractivity contribution in [1.29, 1.82) is 0 Å². The molecule has 44 heavy (non-hydrogen) atoms. The number of hydrogen-bond donors (Lipinski definition) is 2. The van der Waals surface area contributed by atoms with Crippen molar-refractivity contribution in [2.45, 2.75) is 62.6 Å². The summed E-state index contributed by atoms with van der Waals surface area (Å²) in [4.78, 5) is 19.3.